The van der Waals surface area contributed by atoms with Crippen molar-refractivity contribution in [1.82, 2.24) is 10.2 Å². The summed E-state index contributed by atoms with van der Waals surface area (Å²) in [7, 11) is 0. The summed E-state index contributed by atoms with van der Waals surface area (Å²) in [5.74, 6) is -1.22. The number of rotatable bonds is 7. The molecule has 0 bridgehead atoms. The number of nitrogens with one attached hydrogen (secondary N) is 1. The van der Waals surface area contributed by atoms with Crippen LogP contribution in [0.15, 0.2) is 4.34 Å². The fraction of sp³-hybridized carbons (Fsp3) is 0.571. The normalized spacial score (nSPS) is 11.5. The maximum absolute atomic E-state index is 11.8. The van der Waals surface area contributed by atoms with Gasteiger partial charge in [-0.25, -0.2) is 0 Å². The van der Waals surface area contributed by atoms with Gasteiger partial charge < -0.3 is 10.4 Å². The summed E-state index contributed by atoms with van der Waals surface area (Å²) in [6.45, 7) is 0.113. The van der Waals surface area contributed by atoms with E-state index in [4.69, 9.17) is 5.11 Å². The number of hydrogen-bond acceptors (Lipinski definition) is 7. The molecule has 0 saturated heterocycles. The Balaban J connectivity index is 2.25. The number of hydrogen-bond donors (Lipinski definition) is 2. The predicted octanol–water partition coefficient (Wildman–Crippen LogP) is 2.38. The topological polar surface area (TPSA) is 75.1 Å². The number of thioether (sulfide) groups is 2. The molecule has 0 aliphatic rings. The van der Waals surface area contributed by atoms with Crippen LogP contribution in [-0.2, 0) is 4.79 Å². The van der Waals surface area contributed by atoms with E-state index in [9.17, 15) is 18.0 Å². The summed E-state index contributed by atoms with van der Waals surface area (Å²) in [6, 6.07) is 0. The van der Waals surface area contributed by atoms with Crippen molar-refractivity contribution in [3.63, 3.8) is 0 Å². The van der Waals surface area contributed by atoms with Crippen LogP contribution in [0.5, 0.6) is 0 Å². The fourth-order valence-corrected chi connectivity index (χ4v) is 2.72. The number of aliphatic carboxylic acids is 1. The Labute approximate surface area is 113 Å². The van der Waals surface area contributed by atoms with Crippen LogP contribution in [0.3, 0.4) is 0 Å². The van der Waals surface area contributed by atoms with Gasteiger partial charge in [-0.1, -0.05) is 23.1 Å². The highest BCUT2D eigenvalue weighted by molar-refractivity contribution is 8.01. The van der Waals surface area contributed by atoms with Gasteiger partial charge in [-0.2, -0.15) is 13.2 Å². The molecule has 1 aromatic rings. The van der Waals surface area contributed by atoms with Gasteiger partial charge in [0, 0.05) is 12.3 Å². The second-order valence-corrected chi connectivity index (χ2v) is 6.14. The van der Waals surface area contributed by atoms with Gasteiger partial charge >= 0.3 is 11.5 Å². The summed E-state index contributed by atoms with van der Waals surface area (Å²) in [5, 5.41) is 18.9. The molecule has 102 valence electrons. The van der Waals surface area contributed by atoms with Crippen LogP contribution in [0.1, 0.15) is 0 Å². The van der Waals surface area contributed by atoms with Gasteiger partial charge in [0.25, 0.3) is 0 Å². The molecule has 1 aromatic heterocycles. The Morgan fingerprint density at radius 1 is 1.44 bits per heavy atom. The molecule has 0 saturated carbocycles. The maximum Gasteiger partial charge on any atom is 0.441 e. The molecule has 0 radical (unpaired) electrons. The standard InChI is InChI=1S/C7H8F3N3O2S3/c8-7(9,10)17-2-1-11-5-12-13-6(18-5)16-3-4(14)15/h1-3H2,(H,11,12)(H,14,15). The van der Waals surface area contributed by atoms with Crippen LogP contribution in [0.4, 0.5) is 18.3 Å². The molecule has 0 amide bonds. The number of carboxylic acid groups (broad SMARTS) is 1. The van der Waals surface area contributed by atoms with Gasteiger partial charge in [-0.15, -0.1) is 10.2 Å². The lowest BCUT2D eigenvalue weighted by molar-refractivity contribution is -0.133. The SMILES string of the molecule is O=C(O)CSc1nnc(NCCSC(F)(F)F)s1. The largest absolute Gasteiger partial charge is 0.481 e. The average molecular weight is 319 g/mol. The Morgan fingerprint density at radius 3 is 2.78 bits per heavy atom. The van der Waals surface area contributed by atoms with Gasteiger partial charge in [0.2, 0.25) is 5.13 Å². The van der Waals surface area contributed by atoms with Crippen LogP contribution >= 0.6 is 34.9 Å². The highest BCUT2D eigenvalue weighted by atomic mass is 32.2. The highest BCUT2D eigenvalue weighted by Gasteiger charge is 2.27. The average Bonchev–Trinajstić information content (AvgIpc) is 2.68. The molecule has 0 atom stereocenters. The number of aromatic nitrogens is 2. The third-order valence-electron chi connectivity index (χ3n) is 1.37. The van der Waals surface area contributed by atoms with Gasteiger partial charge in [-0.05, 0) is 11.8 Å². The predicted molar refractivity (Wildman–Crippen MR) is 65.3 cm³/mol. The maximum atomic E-state index is 11.8. The molecule has 0 unspecified atom stereocenters. The van der Waals surface area contributed by atoms with E-state index < -0.39 is 11.5 Å². The van der Waals surface area contributed by atoms with Crippen LogP contribution < -0.4 is 5.32 Å². The number of nitrogens with zero attached hydrogens (tertiary/aromatic N) is 2. The number of halogens is 3. The first-order chi connectivity index (χ1) is 8.37. The first-order valence-electron chi connectivity index (χ1n) is 4.49. The summed E-state index contributed by atoms with van der Waals surface area (Å²) in [5.41, 5.74) is -4.23. The van der Waals surface area contributed by atoms with E-state index in [-0.39, 0.29) is 29.8 Å². The summed E-state index contributed by atoms with van der Waals surface area (Å²) >= 11 is 2.01. The minimum atomic E-state index is -4.23. The van der Waals surface area contributed by atoms with E-state index >= 15 is 0 Å². The first kappa shape index (κ1) is 15.4. The van der Waals surface area contributed by atoms with Gasteiger partial charge in [0.15, 0.2) is 4.34 Å². The van der Waals surface area contributed by atoms with Crippen molar-refractivity contribution in [2.24, 2.45) is 0 Å². The molecule has 0 spiro atoms. The van der Waals surface area contributed by atoms with Crippen LogP contribution in [0, 0.1) is 0 Å². The second kappa shape index (κ2) is 7.04. The third-order valence-corrected chi connectivity index (χ3v) is 4.10. The van der Waals surface area contributed by atoms with Crippen molar-refractivity contribution < 1.29 is 23.1 Å². The smallest absolute Gasteiger partial charge is 0.441 e. The molecule has 1 heterocycles. The summed E-state index contributed by atoms with van der Waals surface area (Å²) in [6.07, 6.45) is 0. The van der Waals surface area contributed by atoms with Crippen molar-refractivity contribution in [2.45, 2.75) is 9.85 Å². The molecule has 11 heteroatoms. The Hall–Kier alpha value is -0.680. The van der Waals surface area contributed by atoms with Crippen LogP contribution in [-0.4, -0.2) is 44.8 Å². The molecular formula is C7H8F3N3O2S3. The molecular weight excluding hydrogens is 311 g/mol. The van der Waals surface area contributed by atoms with Crippen molar-refractivity contribution in [2.75, 3.05) is 23.4 Å². The van der Waals surface area contributed by atoms with Crippen LogP contribution in [0.25, 0.3) is 0 Å². The van der Waals surface area contributed by atoms with E-state index in [1.165, 1.54) is 0 Å². The lowest BCUT2D eigenvalue weighted by Gasteiger charge is -2.04. The monoisotopic (exact) mass is 319 g/mol. The second-order valence-electron chi connectivity index (χ2n) is 2.78. The zero-order valence-electron chi connectivity index (χ0n) is 8.73. The number of alkyl halides is 3. The van der Waals surface area contributed by atoms with E-state index in [2.05, 4.69) is 15.5 Å². The first-order valence-corrected chi connectivity index (χ1v) is 7.28. The van der Waals surface area contributed by atoms with Crippen LogP contribution in [0.2, 0.25) is 0 Å². The Morgan fingerprint density at radius 2 is 2.17 bits per heavy atom. The molecule has 18 heavy (non-hydrogen) atoms. The zero-order chi connectivity index (χ0) is 13.6. The lowest BCUT2D eigenvalue weighted by Crippen LogP contribution is -2.09. The van der Waals surface area contributed by atoms with E-state index in [0.29, 0.717) is 9.47 Å². The molecule has 0 aliphatic carbocycles. The van der Waals surface area contributed by atoms with Crippen molar-refractivity contribution in [3.8, 4) is 0 Å². The quantitative estimate of drug-likeness (QED) is 0.590. The fourth-order valence-electron chi connectivity index (χ4n) is 0.788. The van der Waals surface area contributed by atoms with E-state index in [1.807, 2.05) is 0 Å². The van der Waals surface area contributed by atoms with Crippen molar-refractivity contribution in [3.05, 3.63) is 0 Å². The van der Waals surface area contributed by atoms with E-state index in [1.54, 1.807) is 0 Å². The molecule has 0 aromatic carbocycles. The van der Waals surface area contributed by atoms with Gasteiger partial charge in [-0.3, -0.25) is 4.79 Å². The molecule has 5 nitrogen and oxygen atoms in total. The van der Waals surface area contributed by atoms with E-state index in [0.717, 1.165) is 23.1 Å². The molecule has 1 rings (SSSR count). The number of carboxylic acids is 1. The third kappa shape index (κ3) is 6.91. The van der Waals surface area contributed by atoms with Gasteiger partial charge in [0.1, 0.15) is 0 Å². The van der Waals surface area contributed by atoms with Crippen molar-refractivity contribution in [1.29, 1.82) is 0 Å². The lowest BCUT2D eigenvalue weighted by atomic mass is 10.7. The number of carbonyl (C=O) groups is 1. The van der Waals surface area contributed by atoms with Crippen molar-refractivity contribution >= 4 is 46.0 Å². The molecule has 0 fully saturated rings. The van der Waals surface area contributed by atoms with Gasteiger partial charge in [0.05, 0.1) is 5.75 Å². The molecule has 2 N–H and O–H groups in total. The minimum absolute atomic E-state index is 0.113. The zero-order valence-corrected chi connectivity index (χ0v) is 11.2. The minimum Gasteiger partial charge on any atom is -0.481 e. The highest BCUT2D eigenvalue weighted by Crippen LogP contribution is 2.30. The summed E-state index contributed by atoms with van der Waals surface area (Å²) in [4.78, 5) is 10.3. The Bertz CT molecular complexity index is 399. The summed E-state index contributed by atoms with van der Waals surface area (Å²) < 4.78 is 35.9. The molecule has 0 aliphatic heterocycles. The Kier molecular flexibility index (Phi) is 6.02. The number of anilines is 1.